The van der Waals surface area contributed by atoms with E-state index in [0.717, 1.165) is 5.56 Å². The Hall–Kier alpha value is -0.960. The van der Waals surface area contributed by atoms with Crippen molar-refractivity contribution in [3.05, 3.63) is 56.7 Å². The molecule has 0 unspecified atom stereocenters. The molecule has 5 heteroatoms. The molecule has 0 saturated heterocycles. The second kappa shape index (κ2) is 6.66. The number of anilines is 1. The molecule has 1 aromatic carbocycles. The van der Waals surface area contributed by atoms with E-state index < -0.39 is 0 Å². The molecule has 20 heavy (non-hydrogen) atoms. The monoisotopic (exact) mass is 328 g/mol. The molecule has 0 aliphatic carbocycles. The number of hydrogen-bond donors (Lipinski definition) is 1. The van der Waals surface area contributed by atoms with Gasteiger partial charge in [-0.3, -0.25) is 0 Å². The maximum absolute atomic E-state index is 6.07. The van der Waals surface area contributed by atoms with Crippen molar-refractivity contribution in [1.82, 2.24) is 4.98 Å². The summed E-state index contributed by atoms with van der Waals surface area (Å²) in [7, 11) is 0. The highest BCUT2D eigenvalue weighted by atomic mass is 35.5. The molecule has 0 aliphatic heterocycles. The van der Waals surface area contributed by atoms with E-state index in [1.807, 2.05) is 0 Å². The Morgan fingerprint density at radius 2 is 1.70 bits per heavy atom. The van der Waals surface area contributed by atoms with Crippen LogP contribution in [0, 0.1) is 0 Å². The summed E-state index contributed by atoms with van der Waals surface area (Å²) in [6.07, 6.45) is 0. The first kappa shape index (κ1) is 15.4. The van der Waals surface area contributed by atoms with Crippen LogP contribution in [0.4, 0.5) is 5.82 Å². The van der Waals surface area contributed by atoms with Crippen LogP contribution in [0.5, 0.6) is 0 Å². The topological polar surface area (TPSA) is 24.9 Å². The summed E-state index contributed by atoms with van der Waals surface area (Å²) in [5, 5.41) is 4.21. The molecule has 0 bridgehead atoms. The van der Waals surface area contributed by atoms with E-state index in [4.69, 9.17) is 34.8 Å². The number of halogens is 3. The summed E-state index contributed by atoms with van der Waals surface area (Å²) in [4.78, 5) is 4.12. The quantitative estimate of drug-likeness (QED) is 0.719. The lowest BCUT2D eigenvalue weighted by molar-refractivity contribution is 0.865. The molecular formula is C15H15Cl3N2. The zero-order chi connectivity index (χ0) is 14.7. The second-order valence-corrected chi connectivity index (χ2v) is 6.01. The predicted octanol–water partition coefficient (Wildman–Crippen LogP) is 5.78. The third kappa shape index (κ3) is 3.78. The van der Waals surface area contributed by atoms with E-state index in [1.165, 1.54) is 5.56 Å². The number of benzene rings is 1. The van der Waals surface area contributed by atoms with E-state index in [9.17, 15) is 0 Å². The molecule has 0 fully saturated rings. The van der Waals surface area contributed by atoms with Crippen molar-refractivity contribution in [3.63, 3.8) is 0 Å². The zero-order valence-electron chi connectivity index (χ0n) is 11.3. The van der Waals surface area contributed by atoms with Gasteiger partial charge in [-0.25, -0.2) is 4.98 Å². The smallest absolute Gasteiger partial charge is 0.150 e. The minimum Gasteiger partial charge on any atom is -0.365 e. The molecule has 0 spiro atoms. The van der Waals surface area contributed by atoms with Crippen LogP contribution in [-0.2, 0) is 6.54 Å². The van der Waals surface area contributed by atoms with E-state index in [2.05, 4.69) is 48.4 Å². The average Bonchev–Trinajstić information content (AvgIpc) is 2.42. The van der Waals surface area contributed by atoms with Gasteiger partial charge >= 0.3 is 0 Å². The van der Waals surface area contributed by atoms with Crippen molar-refractivity contribution < 1.29 is 0 Å². The first-order valence-corrected chi connectivity index (χ1v) is 7.45. The fourth-order valence-electron chi connectivity index (χ4n) is 1.77. The molecule has 1 N–H and O–H groups in total. The fourth-order valence-corrected chi connectivity index (χ4v) is 2.34. The Morgan fingerprint density at radius 1 is 1.05 bits per heavy atom. The molecular weight excluding hydrogens is 315 g/mol. The predicted molar refractivity (Wildman–Crippen MR) is 87.1 cm³/mol. The van der Waals surface area contributed by atoms with Crippen molar-refractivity contribution in [3.8, 4) is 0 Å². The normalized spacial score (nSPS) is 10.9. The number of nitrogens with zero attached hydrogens (tertiary/aromatic N) is 1. The highest BCUT2D eigenvalue weighted by molar-refractivity contribution is 6.42. The van der Waals surface area contributed by atoms with Crippen LogP contribution in [0.2, 0.25) is 15.2 Å². The van der Waals surface area contributed by atoms with Crippen LogP contribution in [-0.4, -0.2) is 4.98 Å². The van der Waals surface area contributed by atoms with E-state index in [-0.39, 0.29) is 5.15 Å². The first-order chi connectivity index (χ1) is 9.47. The SMILES string of the molecule is CC(C)c1ccc(CNc2nc(Cl)c(Cl)cc2Cl)cc1. The van der Waals surface area contributed by atoms with Crippen molar-refractivity contribution in [2.24, 2.45) is 0 Å². The molecule has 2 rings (SSSR count). The number of nitrogens with one attached hydrogen (secondary N) is 1. The van der Waals surface area contributed by atoms with Crippen LogP contribution < -0.4 is 5.32 Å². The Bertz CT molecular complexity index is 595. The lowest BCUT2D eigenvalue weighted by atomic mass is 10.0. The second-order valence-electron chi connectivity index (χ2n) is 4.84. The third-order valence-electron chi connectivity index (χ3n) is 2.99. The maximum Gasteiger partial charge on any atom is 0.150 e. The van der Waals surface area contributed by atoms with Gasteiger partial charge in [0.25, 0.3) is 0 Å². The molecule has 0 atom stereocenters. The minimum atomic E-state index is 0.244. The molecule has 0 radical (unpaired) electrons. The fraction of sp³-hybridized carbons (Fsp3) is 0.267. The van der Waals surface area contributed by atoms with E-state index in [1.54, 1.807) is 6.07 Å². The van der Waals surface area contributed by atoms with Gasteiger partial charge in [0.2, 0.25) is 0 Å². The summed E-state index contributed by atoms with van der Waals surface area (Å²) >= 11 is 17.8. The van der Waals surface area contributed by atoms with Gasteiger partial charge in [-0.15, -0.1) is 0 Å². The maximum atomic E-state index is 6.07. The Morgan fingerprint density at radius 3 is 2.30 bits per heavy atom. The number of pyridine rings is 1. The average molecular weight is 330 g/mol. The van der Waals surface area contributed by atoms with Crippen molar-refractivity contribution >= 4 is 40.6 Å². The molecule has 2 nitrogen and oxygen atoms in total. The summed E-state index contributed by atoms with van der Waals surface area (Å²) < 4.78 is 0. The molecule has 1 heterocycles. The summed E-state index contributed by atoms with van der Waals surface area (Å²) in [5.41, 5.74) is 2.47. The van der Waals surface area contributed by atoms with Gasteiger partial charge in [0, 0.05) is 6.54 Å². The molecule has 0 saturated carbocycles. The van der Waals surface area contributed by atoms with Gasteiger partial charge in [0.05, 0.1) is 10.0 Å². The van der Waals surface area contributed by atoms with E-state index in [0.29, 0.717) is 28.3 Å². The number of hydrogen-bond acceptors (Lipinski definition) is 2. The largest absolute Gasteiger partial charge is 0.365 e. The van der Waals surface area contributed by atoms with Crippen molar-refractivity contribution in [1.29, 1.82) is 0 Å². The van der Waals surface area contributed by atoms with Crippen LogP contribution >= 0.6 is 34.8 Å². The van der Waals surface area contributed by atoms with Crippen molar-refractivity contribution in [2.75, 3.05) is 5.32 Å². The van der Waals surface area contributed by atoms with Crippen LogP contribution in [0.1, 0.15) is 30.9 Å². The van der Waals surface area contributed by atoms with Gasteiger partial charge in [-0.2, -0.15) is 0 Å². The van der Waals surface area contributed by atoms with Crippen LogP contribution in [0.25, 0.3) is 0 Å². The van der Waals surface area contributed by atoms with Gasteiger partial charge in [0.15, 0.2) is 0 Å². The Balaban J connectivity index is 2.07. The van der Waals surface area contributed by atoms with E-state index >= 15 is 0 Å². The van der Waals surface area contributed by atoms with Gasteiger partial charge in [0.1, 0.15) is 11.0 Å². The Kier molecular flexibility index (Phi) is 5.14. The number of aromatic nitrogens is 1. The third-order valence-corrected chi connectivity index (χ3v) is 3.95. The number of rotatable bonds is 4. The molecule has 0 aliphatic rings. The van der Waals surface area contributed by atoms with Gasteiger partial charge in [-0.1, -0.05) is 72.9 Å². The van der Waals surface area contributed by atoms with Gasteiger partial charge in [-0.05, 0) is 23.1 Å². The highest BCUT2D eigenvalue weighted by Crippen LogP contribution is 2.29. The molecule has 106 valence electrons. The van der Waals surface area contributed by atoms with Crippen molar-refractivity contribution in [2.45, 2.75) is 26.3 Å². The summed E-state index contributed by atoms with van der Waals surface area (Å²) in [5.74, 6) is 1.07. The highest BCUT2D eigenvalue weighted by Gasteiger charge is 2.07. The Labute approximate surface area is 134 Å². The standard InChI is InChI=1S/C15H15Cl3N2/c1-9(2)11-5-3-10(4-6-11)8-19-15-13(17)7-12(16)14(18)20-15/h3-7,9H,8H2,1-2H3,(H,19,20). The van der Waals surface area contributed by atoms with Gasteiger partial charge < -0.3 is 5.32 Å². The molecule has 0 amide bonds. The molecule has 1 aromatic heterocycles. The molecule has 2 aromatic rings. The lowest BCUT2D eigenvalue weighted by Crippen LogP contribution is -2.02. The zero-order valence-corrected chi connectivity index (χ0v) is 13.5. The first-order valence-electron chi connectivity index (χ1n) is 6.31. The minimum absolute atomic E-state index is 0.244. The summed E-state index contributed by atoms with van der Waals surface area (Å²) in [6, 6.07) is 10.0. The lowest BCUT2D eigenvalue weighted by Gasteiger charge is -2.10. The van der Waals surface area contributed by atoms with Crippen LogP contribution in [0.15, 0.2) is 30.3 Å². The summed E-state index contributed by atoms with van der Waals surface area (Å²) in [6.45, 7) is 4.97. The van der Waals surface area contributed by atoms with Crippen LogP contribution in [0.3, 0.4) is 0 Å².